The first-order chi connectivity index (χ1) is 8.72. The maximum Gasteiger partial charge on any atom is 0.251 e. The lowest BCUT2D eigenvalue weighted by Crippen LogP contribution is -2.30. The normalized spacial score (nSPS) is 28.6. The van der Waals surface area contributed by atoms with E-state index in [1.54, 1.807) is 18.2 Å². The third-order valence-corrected chi connectivity index (χ3v) is 4.05. The Hall–Kier alpha value is -1.77. The number of rotatable bonds is 3. The summed E-state index contributed by atoms with van der Waals surface area (Å²) in [5.41, 5.74) is 0.522. The quantitative estimate of drug-likeness (QED) is 0.800. The number of amides is 1. The standard InChI is InChI=1S/C15H17NO2/c17-14-3-1-2-12(8-14)15(18)16-9-13-7-10-4-5-11(13)6-10/h1-5,8,10-11,13,17H,6-7,9H2,(H,16,18). The lowest BCUT2D eigenvalue weighted by Gasteiger charge is -2.18. The van der Waals surface area contributed by atoms with Gasteiger partial charge in [0.2, 0.25) is 0 Å². The molecular weight excluding hydrogens is 226 g/mol. The number of benzene rings is 1. The van der Waals surface area contributed by atoms with Crippen LogP contribution in [0.3, 0.4) is 0 Å². The summed E-state index contributed by atoms with van der Waals surface area (Å²) >= 11 is 0. The summed E-state index contributed by atoms with van der Waals surface area (Å²) in [6.07, 6.45) is 7.05. The van der Waals surface area contributed by atoms with Crippen LogP contribution >= 0.6 is 0 Å². The van der Waals surface area contributed by atoms with E-state index in [1.165, 1.54) is 18.9 Å². The Morgan fingerprint density at radius 2 is 2.22 bits per heavy atom. The van der Waals surface area contributed by atoms with Gasteiger partial charge in [-0.2, -0.15) is 0 Å². The zero-order valence-corrected chi connectivity index (χ0v) is 10.2. The van der Waals surface area contributed by atoms with E-state index in [0.717, 1.165) is 12.5 Å². The van der Waals surface area contributed by atoms with Crippen LogP contribution in [0.15, 0.2) is 36.4 Å². The fourth-order valence-electron chi connectivity index (χ4n) is 3.10. The van der Waals surface area contributed by atoms with Crippen LogP contribution in [0.25, 0.3) is 0 Å². The largest absolute Gasteiger partial charge is 0.508 e. The van der Waals surface area contributed by atoms with Gasteiger partial charge in [-0.15, -0.1) is 0 Å². The minimum atomic E-state index is -0.0994. The monoisotopic (exact) mass is 243 g/mol. The maximum absolute atomic E-state index is 11.9. The van der Waals surface area contributed by atoms with Crippen LogP contribution in [0.1, 0.15) is 23.2 Å². The van der Waals surface area contributed by atoms with Gasteiger partial charge in [-0.05, 0) is 48.8 Å². The molecule has 0 saturated heterocycles. The lowest BCUT2D eigenvalue weighted by atomic mass is 9.93. The zero-order chi connectivity index (χ0) is 12.5. The molecule has 3 unspecified atom stereocenters. The van der Waals surface area contributed by atoms with Crippen molar-refractivity contribution in [3.8, 4) is 5.75 Å². The van der Waals surface area contributed by atoms with Gasteiger partial charge in [0.25, 0.3) is 5.91 Å². The second kappa shape index (κ2) is 4.48. The topological polar surface area (TPSA) is 49.3 Å². The van der Waals surface area contributed by atoms with E-state index in [1.807, 2.05) is 0 Å². The van der Waals surface area contributed by atoms with Crippen molar-refractivity contribution in [1.29, 1.82) is 0 Å². The van der Waals surface area contributed by atoms with Gasteiger partial charge in [0.15, 0.2) is 0 Å². The van der Waals surface area contributed by atoms with Crippen LogP contribution in [0.5, 0.6) is 5.75 Å². The molecule has 3 heteroatoms. The third kappa shape index (κ3) is 2.13. The molecule has 94 valence electrons. The Kier molecular flexibility index (Phi) is 2.82. The summed E-state index contributed by atoms with van der Waals surface area (Å²) in [6.45, 7) is 0.736. The van der Waals surface area contributed by atoms with Crippen molar-refractivity contribution in [2.24, 2.45) is 17.8 Å². The molecule has 3 atom stereocenters. The molecule has 1 amide bonds. The van der Waals surface area contributed by atoms with Crippen molar-refractivity contribution in [2.75, 3.05) is 6.54 Å². The summed E-state index contributed by atoms with van der Waals surface area (Å²) < 4.78 is 0. The third-order valence-electron chi connectivity index (χ3n) is 4.05. The van der Waals surface area contributed by atoms with Gasteiger partial charge in [-0.1, -0.05) is 18.2 Å². The molecule has 0 heterocycles. The van der Waals surface area contributed by atoms with Gasteiger partial charge < -0.3 is 10.4 Å². The number of allylic oxidation sites excluding steroid dienone is 2. The molecule has 3 nitrogen and oxygen atoms in total. The fraction of sp³-hybridized carbons (Fsp3) is 0.400. The van der Waals surface area contributed by atoms with Crippen molar-refractivity contribution < 1.29 is 9.90 Å². The molecular formula is C15H17NO2. The molecule has 0 spiro atoms. The number of nitrogens with one attached hydrogen (secondary N) is 1. The minimum Gasteiger partial charge on any atom is -0.508 e. The Bertz CT molecular complexity index is 495. The van der Waals surface area contributed by atoms with E-state index in [9.17, 15) is 9.90 Å². The molecule has 2 N–H and O–H groups in total. The molecule has 18 heavy (non-hydrogen) atoms. The van der Waals surface area contributed by atoms with Gasteiger partial charge in [-0.3, -0.25) is 4.79 Å². The fourth-order valence-corrected chi connectivity index (χ4v) is 3.10. The molecule has 0 aliphatic heterocycles. The van der Waals surface area contributed by atoms with Gasteiger partial charge in [-0.25, -0.2) is 0 Å². The van der Waals surface area contributed by atoms with E-state index in [2.05, 4.69) is 17.5 Å². The van der Waals surface area contributed by atoms with Crippen LogP contribution in [0.2, 0.25) is 0 Å². The van der Waals surface area contributed by atoms with Crippen LogP contribution in [0.4, 0.5) is 0 Å². The molecule has 0 aromatic heterocycles. The Balaban J connectivity index is 1.57. The van der Waals surface area contributed by atoms with E-state index >= 15 is 0 Å². The number of aromatic hydroxyl groups is 1. The lowest BCUT2D eigenvalue weighted by molar-refractivity contribution is 0.0944. The van der Waals surface area contributed by atoms with Crippen LogP contribution in [-0.2, 0) is 0 Å². The highest BCUT2D eigenvalue weighted by atomic mass is 16.3. The average molecular weight is 243 g/mol. The average Bonchev–Trinajstić information content (AvgIpc) is 2.98. The number of carbonyl (C=O) groups is 1. The Morgan fingerprint density at radius 3 is 2.89 bits per heavy atom. The summed E-state index contributed by atoms with van der Waals surface area (Å²) in [4.78, 5) is 11.9. The summed E-state index contributed by atoms with van der Waals surface area (Å²) in [5.74, 6) is 2.00. The number of carbonyl (C=O) groups excluding carboxylic acids is 1. The number of phenols is 1. The Labute approximate surface area is 107 Å². The Morgan fingerprint density at radius 1 is 1.33 bits per heavy atom. The zero-order valence-electron chi connectivity index (χ0n) is 10.2. The van der Waals surface area contributed by atoms with Gasteiger partial charge in [0.05, 0.1) is 0 Å². The summed E-state index contributed by atoms with van der Waals surface area (Å²) in [6, 6.07) is 6.47. The molecule has 2 bridgehead atoms. The van der Waals surface area contributed by atoms with Crippen LogP contribution in [0, 0.1) is 17.8 Å². The number of phenolic OH excluding ortho intramolecular Hbond substituents is 1. The predicted octanol–water partition coefficient (Wildman–Crippen LogP) is 2.33. The van der Waals surface area contributed by atoms with Crippen LogP contribution in [-0.4, -0.2) is 17.6 Å². The van der Waals surface area contributed by atoms with Crippen molar-refractivity contribution in [1.82, 2.24) is 5.32 Å². The maximum atomic E-state index is 11.9. The highest BCUT2D eigenvalue weighted by Gasteiger charge is 2.35. The number of hydrogen-bond donors (Lipinski definition) is 2. The van der Waals surface area contributed by atoms with E-state index < -0.39 is 0 Å². The minimum absolute atomic E-state index is 0.0994. The highest BCUT2D eigenvalue weighted by Crippen LogP contribution is 2.42. The molecule has 1 aromatic rings. The second-order valence-electron chi connectivity index (χ2n) is 5.30. The number of hydrogen-bond acceptors (Lipinski definition) is 2. The summed E-state index contributed by atoms with van der Waals surface area (Å²) in [7, 11) is 0. The molecule has 3 rings (SSSR count). The molecule has 2 aliphatic rings. The molecule has 2 aliphatic carbocycles. The summed E-state index contributed by atoms with van der Waals surface area (Å²) in [5, 5.41) is 12.3. The van der Waals surface area contributed by atoms with E-state index in [4.69, 9.17) is 0 Å². The molecule has 1 aromatic carbocycles. The SMILES string of the molecule is O=C(NCC1CC2C=CC1C2)c1cccc(O)c1. The molecule has 1 fully saturated rings. The van der Waals surface area contributed by atoms with Gasteiger partial charge in [0.1, 0.15) is 5.75 Å². The molecule has 1 saturated carbocycles. The van der Waals surface area contributed by atoms with Crippen LogP contribution < -0.4 is 5.32 Å². The first-order valence-electron chi connectivity index (χ1n) is 6.48. The first kappa shape index (κ1) is 11.3. The second-order valence-corrected chi connectivity index (χ2v) is 5.30. The van der Waals surface area contributed by atoms with Crippen molar-refractivity contribution in [3.05, 3.63) is 42.0 Å². The smallest absolute Gasteiger partial charge is 0.251 e. The van der Waals surface area contributed by atoms with Crippen molar-refractivity contribution in [3.63, 3.8) is 0 Å². The van der Waals surface area contributed by atoms with Gasteiger partial charge in [0, 0.05) is 12.1 Å². The van der Waals surface area contributed by atoms with Crippen molar-refractivity contribution in [2.45, 2.75) is 12.8 Å². The van der Waals surface area contributed by atoms with E-state index in [0.29, 0.717) is 17.4 Å². The van der Waals surface area contributed by atoms with Gasteiger partial charge >= 0.3 is 0 Å². The van der Waals surface area contributed by atoms with E-state index in [-0.39, 0.29) is 11.7 Å². The van der Waals surface area contributed by atoms with Crippen molar-refractivity contribution >= 4 is 5.91 Å². The highest BCUT2D eigenvalue weighted by molar-refractivity contribution is 5.94. The number of fused-ring (bicyclic) bond motifs is 2. The first-order valence-corrected chi connectivity index (χ1v) is 6.48. The predicted molar refractivity (Wildman–Crippen MR) is 69.3 cm³/mol. The molecule has 0 radical (unpaired) electrons.